The fraction of sp³-hybridized carbons (Fsp3) is 0.629. The largest absolute Gasteiger partial charge is 0.391 e. The van der Waals surface area contributed by atoms with Crippen molar-refractivity contribution >= 4 is 35.0 Å². The lowest BCUT2D eigenvalue weighted by Crippen LogP contribution is -2.58. The molecule has 0 spiro atoms. The average Bonchev–Trinajstić information content (AvgIpc) is 3.68. The molecular weight excluding hydrogens is 650 g/mol. The number of rotatable bonds is 20. The smallest absolute Gasteiger partial charge is 0.246 e. The predicted molar refractivity (Wildman–Crippen MR) is 187 cm³/mol. The molecule has 1 aromatic heterocycles. The van der Waals surface area contributed by atoms with Gasteiger partial charge in [0.2, 0.25) is 23.6 Å². The fourth-order valence-corrected chi connectivity index (χ4v) is 6.09. The van der Waals surface area contributed by atoms with E-state index in [-0.39, 0.29) is 51.1 Å². The van der Waals surface area contributed by atoms with Crippen LogP contribution in [0.15, 0.2) is 29.8 Å². The molecule has 1 aromatic carbocycles. The number of nitrogens with one attached hydrogen (secondary N) is 3. The molecule has 1 saturated heterocycles. The molecule has 3 rings (SSSR count). The minimum absolute atomic E-state index is 0.00653. The Labute approximate surface area is 293 Å². The molecule has 4 amide bonds. The highest BCUT2D eigenvalue weighted by atomic mass is 32.1. The van der Waals surface area contributed by atoms with Gasteiger partial charge in [0, 0.05) is 32.5 Å². The number of ether oxygens (including phenoxy) is 3. The van der Waals surface area contributed by atoms with E-state index in [9.17, 15) is 24.3 Å². The molecule has 0 aliphatic carbocycles. The Hall–Kier alpha value is -3.43. The van der Waals surface area contributed by atoms with Crippen LogP contribution >= 0.6 is 11.3 Å². The number of likely N-dealkylation sites (tertiary alicyclic amines) is 1. The summed E-state index contributed by atoms with van der Waals surface area (Å²) >= 11 is 1.57. The molecule has 13 nitrogen and oxygen atoms in total. The normalized spacial score (nSPS) is 16.7. The molecule has 1 aliphatic heterocycles. The molecule has 2 aromatic rings. The summed E-state index contributed by atoms with van der Waals surface area (Å²) in [5.41, 5.74) is 4.05. The van der Waals surface area contributed by atoms with Crippen LogP contribution in [0.1, 0.15) is 64.6 Å². The van der Waals surface area contributed by atoms with Crippen molar-refractivity contribution in [2.24, 2.45) is 5.41 Å². The van der Waals surface area contributed by atoms with Crippen molar-refractivity contribution in [3.63, 3.8) is 0 Å². The van der Waals surface area contributed by atoms with E-state index in [0.717, 1.165) is 34.5 Å². The van der Waals surface area contributed by atoms with E-state index in [0.29, 0.717) is 32.8 Å². The van der Waals surface area contributed by atoms with Gasteiger partial charge in [0.05, 0.1) is 55.2 Å². The van der Waals surface area contributed by atoms with Crippen molar-refractivity contribution < 1.29 is 38.5 Å². The number of nitrogens with zero attached hydrogens (tertiary/aromatic N) is 2. The van der Waals surface area contributed by atoms with Crippen molar-refractivity contribution in [3.8, 4) is 10.4 Å². The van der Waals surface area contributed by atoms with Gasteiger partial charge in [0.1, 0.15) is 18.7 Å². The van der Waals surface area contributed by atoms with Crippen LogP contribution in [0.2, 0.25) is 0 Å². The fourth-order valence-electron chi connectivity index (χ4n) is 5.28. The summed E-state index contributed by atoms with van der Waals surface area (Å²) in [6, 6.07) is 6.04. The lowest BCUT2D eigenvalue weighted by atomic mass is 9.85. The van der Waals surface area contributed by atoms with Gasteiger partial charge < -0.3 is 40.2 Å². The zero-order valence-corrected chi connectivity index (χ0v) is 30.2. The maximum absolute atomic E-state index is 13.8. The number of carbonyl (C=O) groups is 4. The molecule has 1 fully saturated rings. The molecule has 3 atom stereocenters. The third-order valence-corrected chi connectivity index (χ3v) is 8.99. The number of hydrogen-bond donors (Lipinski definition) is 4. The summed E-state index contributed by atoms with van der Waals surface area (Å²) in [6.45, 7) is 11.5. The Morgan fingerprint density at radius 3 is 2.31 bits per heavy atom. The van der Waals surface area contributed by atoms with Gasteiger partial charge in [-0.3, -0.25) is 19.2 Å². The number of thiazole rings is 1. The molecule has 0 saturated carbocycles. The molecule has 49 heavy (non-hydrogen) atoms. The predicted octanol–water partition coefficient (Wildman–Crippen LogP) is 2.58. The lowest BCUT2D eigenvalue weighted by Gasteiger charge is -2.35. The standard InChI is InChI=1S/C35H53N5O8S/c1-6-7-8-29(42)36-13-14-46-15-16-47-17-18-48-22-30(43)39-32(35(3,4)5)34(45)40-21-27(41)19-28(40)33(44)37-20-25-9-11-26(12-10-25)31-24(2)38-23-49-31/h9-12,23,27-28,32,41H,6-8,13-22H2,1-5H3,(H,36,42)(H,37,44)(H,39,43)/t27-,28?,32?/m1/s1. The Morgan fingerprint density at radius 2 is 1.67 bits per heavy atom. The van der Waals surface area contributed by atoms with E-state index < -0.39 is 35.4 Å². The number of aliphatic hydroxyl groups is 1. The first-order valence-corrected chi connectivity index (χ1v) is 17.8. The first-order chi connectivity index (χ1) is 23.4. The number of β-amino-alcohol motifs (C(OH)–C–C–N with tert-alkyl or cyclic N) is 1. The number of amides is 4. The van der Waals surface area contributed by atoms with Gasteiger partial charge in [0.25, 0.3) is 0 Å². The van der Waals surface area contributed by atoms with E-state index in [2.05, 4.69) is 20.9 Å². The van der Waals surface area contributed by atoms with Crippen LogP contribution in [0.3, 0.4) is 0 Å². The highest BCUT2D eigenvalue weighted by molar-refractivity contribution is 7.13. The van der Waals surface area contributed by atoms with Crippen molar-refractivity contribution in [3.05, 3.63) is 41.0 Å². The number of carbonyl (C=O) groups excluding carboxylic acids is 4. The number of aryl methyl sites for hydroxylation is 1. The summed E-state index contributed by atoms with van der Waals surface area (Å²) < 4.78 is 16.3. The summed E-state index contributed by atoms with van der Waals surface area (Å²) in [4.78, 5) is 58.2. The Bertz CT molecular complexity index is 1350. The van der Waals surface area contributed by atoms with Gasteiger partial charge in [-0.15, -0.1) is 11.3 Å². The van der Waals surface area contributed by atoms with Gasteiger partial charge in [0.15, 0.2) is 0 Å². The van der Waals surface area contributed by atoms with Crippen molar-refractivity contribution in [1.29, 1.82) is 0 Å². The maximum Gasteiger partial charge on any atom is 0.246 e. The molecule has 2 unspecified atom stereocenters. The SMILES string of the molecule is CCCCC(=O)NCCOCCOCCOCC(=O)NC(C(=O)N1C[C@H](O)CC1C(=O)NCc1ccc(-c2scnc2C)cc1)C(C)(C)C. The number of hydrogen-bond acceptors (Lipinski definition) is 10. The molecule has 4 N–H and O–H groups in total. The number of benzene rings is 1. The van der Waals surface area contributed by atoms with Crippen LogP contribution in [0.5, 0.6) is 0 Å². The second kappa shape index (κ2) is 20.3. The van der Waals surface area contributed by atoms with Crippen LogP contribution in [-0.4, -0.2) is 110 Å². The van der Waals surface area contributed by atoms with Gasteiger partial charge in [-0.1, -0.05) is 58.4 Å². The molecule has 14 heteroatoms. The van der Waals surface area contributed by atoms with Crippen LogP contribution in [0.25, 0.3) is 10.4 Å². The minimum atomic E-state index is -0.947. The Kier molecular flexibility index (Phi) is 16.6. The summed E-state index contributed by atoms with van der Waals surface area (Å²) in [5, 5.41) is 18.9. The van der Waals surface area contributed by atoms with Crippen LogP contribution < -0.4 is 16.0 Å². The highest BCUT2D eigenvalue weighted by Gasteiger charge is 2.44. The summed E-state index contributed by atoms with van der Waals surface area (Å²) in [7, 11) is 0. The first-order valence-electron chi connectivity index (χ1n) is 17.0. The van der Waals surface area contributed by atoms with E-state index in [1.165, 1.54) is 4.90 Å². The van der Waals surface area contributed by atoms with E-state index in [1.54, 1.807) is 11.3 Å². The zero-order valence-electron chi connectivity index (χ0n) is 29.4. The van der Waals surface area contributed by atoms with Crippen LogP contribution in [0.4, 0.5) is 0 Å². The number of aromatic nitrogens is 1. The van der Waals surface area contributed by atoms with E-state index in [4.69, 9.17) is 14.2 Å². The molecule has 272 valence electrons. The van der Waals surface area contributed by atoms with Crippen molar-refractivity contribution in [1.82, 2.24) is 25.8 Å². The monoisotopic (exact) mass is 703 g/mol. The third-order valence-electron chi connectivity index (χ3n) is 8.01. The molecule has 1 aliphatic rings. The second-order valence-corrected chi connectivity index (χ2v) is 14.0. The zero-order chi connectivity index (χ0) is 35.8. The van der Waals surface area contributed by atoms with Crippen LogP contribution in [-0.2, 0) is 39.9 Å². The minimum Gasteiger partial charge on any atom is -0.391 e. The number of unbranched alkanes of at least 4 members (excludes halogenated alkanes) is 1. The van der Waals surface area contributed by atoms with E-state index in [1.807, 2.05) is 64.4 Å². The Balaban J connectivity index is 1.40. The van der Waals surface area contributed by atoms with Gasteiger partial charge >= 0.3 is 0 Å². The molecule has 0 radical (unpaired) electrons. The van der Waals surface area contributed by atoms with Crippen molar-refractivity contribution in [2.45, 2.75) is 85.0 Å². The second-order valence-electron chi connectivity index (χ2n) is 13.2. The van der Waals surface area contributed by atoms with E-state index >= 15 is 0 Å². The van der Waals surface area contributed by atoms with Crippen LogP contribution in [0, 0.1) is 12.3 Å². The summed E-state index contributed by atoms with van der Waals surface area (Å²) in [5.74, 6) is -1.25. The molecule has 0 bridgehead atoms. The lowest BCUT2D eigenvalue weighted by molar-refractivity contribution is -0.144. The third kappa shape index (κ3) is 13.4. The van der Waals surface area contributed by atoms with Crippen molar-refractivity contribution in [2.75, 3.05) is 52.7 Å². The average molecular weight is 704 g/mol. The van der Waals surface area contributed by atoms with Gasteiger partial charge in [-0.2, -0.15) is 0 Å². The topological polar surface area (TPSA) is 168 Å². The molecule has 2 heterocycles. The highest BCUT2D eigenvalue weighted by Crippen LogP contribution is 2.28. The number of aliphatic hydroxyl groups excluding tert-OH is 1. The quantitative estimate of drug-likeness (QED) is 0.152. The van der Waals surface area contributed by atoms with Gasteiger partial charge in [-0.25, -0.2) is 4.98 Å². The maximum atomic E-state index is 13.8. The summed E-state index contributed by atoms with van der Waals surface area (Å²) in [6.07, 6.45) is 1.63. The molecular formula is C35H53N5O8S. The Morgan fingerprint density at radius 1 is 1.00 bits per heavy atom. The first kappa shape index (κ1) is 40.0. The van der Waals surface area contributed by atoms with Gasteiger partial charge in [-0.05, 0) is 29.9 Å².